The van der Waals surface area contributed by atoms with E-state index in [0.29, 0.717) is 31.0 Å². The van der Waals surface area contributed by atoms with Gasteiger partial charge in [0.15, 0.2) is 0 Å². The molecule has 0 spiro atoms. The van der Waals surface area contributed by atoms with Gasteiger partial charge in [0.1, 0.15) is 5.75 Å². The topological polar surface area (TPSA) is 102 Å². The molecule has 3 aliphatic rings. The first-order valence-corrected chi connectivity index (χ1v) is 12.8. The number of aromatic nitrogens is 4. The summed E-state index contributed by atoms with van der Waals surface area (Å²) in [6.07, 6.45) is 9.70. The zero-order valence-electron chi connectivity index (χ0n) is 20.5. The van der Waals surface area contributed by atoms with E-state index in [4.69, 9.17) is 9.72 Å². The highest BCUT2D eigenvalue weighted by atomic mass is 16.5. The van der Waals surface area contributed by atoms with Gasteiger partial charge in [0, 0.05) is 43.7 Å². The number of likely N-dealkylation sites (tertiary alicyclic amines) is 1. The molecular formula is C27H30N6O3. The monoisotopic (exact) mass is 486 g/mol. The summed E-state index contributed by atoms with van der Waals surface area (Å²) in [5.41, 5.74) is 5.77. The summed E-state index contributed by atoms with van der Waals surface area (Å²) < 4.78 is 7.19. The molecule has 36 heavy (non-hydrogen) atoms. The number of hydrogen-bond donors (Lipinski definition) is 1. The van der Waals surface area contributed by atoms with E-state index in [1.807, 2.05) is 23.2 Å². The van der Waals surface area contributed by atoms with Crippen LogP contribution >= 0.6 is 0 Å². The number of fused-ring (bicyclic) bond motifs is 3. The molecule has 6 rings (SSSR count). The van der Waals surface area contributed by atoms with Crippen LogP contribution in [-0.4, -0.2) is 63.2 Å². The lowest BCUT2D eigenvalue weighted by atomic mass is 9.90. The number of carbonyl (C=O) groups is 2. The largest absolute Gasteiger partial charge is 0.497 e. The Balaban J connectivity index is 1.24. The van der Waals surface area contributed by atoms with Crippen molar-refractivity contribution in [2.24, 2.45) is 0 Å². The minimum absolute atomic E-state index is 0.135. The van der Waals surface area contributed by atoms with Crippen LogP contribution in [0.3, 0.4) is 0 Å². The van der Waals surface area contributed by atoms with Crippen LogP contribution in [-0.2, 0) is 17.6 Å². The molecule has 9 heteroatoms. The number of aryl methyl sites for hydroxylation is 2. The highest BCUT2D eigenvalue weighted by molar-refractivity contribution is 5.95. The first-order valence-electron chi connectivity index (χ1n) is 12.8. The van der Waals surface area contributed by atoms with Crippen molar-refractivity contribution in [2.75, 3.05) is 26.7 Å². The molecule has 2 aliphatic carbocycles. The normalized spacial score (nSPS) is 16.6. The SMILES string of the molecule is COc1ccc2c(c1)-c1nc(-n3ncc(C(=O)NCCCN4CCCC4=O)c3C3CC3)ncc1CC2. The fourth-order valence-electron chi connectivity index (χ4n) is 5.26. The van der Waals surface area contributed by atoms with Crippen LogP contribution in [0.5, 0.6) is 5.75 Å². The van der Waals surface area contributed by atoms with Crippen molar-refractivity contribution in [3.05, 3.63) is 53.0 Å². The molecule has 0 bridgehead atoms. The molecule has 9 nitrogen and oxygen atoms in total. The summed E-state index contributed by atoms with van der Waals surface area (Å²) in [4.78, 5) is 36.3. The Morgan fingerprint density at radius 3 is 2.81 bits per heavy atom. The molecule has 1 saturated carbocycles. The number of ether oxygens (including phenoxy) is 1. The van der Waals surface area contributed by atoms with Crippen molar-refractivity contribution in [1.29, 1.82) is 0 Å². The van der Waals surface area contributed by atoms with E-state index >= 15 is 0 Å². The second-order valence-corrected chi connectivity index (χ2v) is 9.79. The number of methoxy groups -OCH3 is 1. The van der Waals surface area contributed by atoms with Gasteiger partial charge in [-0.1, -0.05) is 6.07 Å². The number of benzene rings is 1. The van der Waals surface area contributed by atoms with E-state index in [-0.39, 0.29) is 17.7 Å². The Bertz CT molecular complexity index is 1330. The fraction of sp³-hybridized carbons (Fsp3) is 0.444. The van der Waals surface area contributed by atoms with Crippen LogP contribution in [0.25, 0.3) is 17.2 Å². The Morgan fingerprint density at radius 1 is 1.17 bits per heavy atom. The molecule has 2 aromatic heterocycles. The van der Waals surface area contributed by atoms with E-state index in [1.54, 1.807) is 18.0 Å². The molecule has 1 N–H and O–H groups in total. The average Bonchev–Trinajstić information content (AvgIpc) is 3.52. The smallest absolute Gasteiger partial charge is 0.254 e. The zero-order valence-corrected chi connectivity index (χ0v) is 20.5. The highest BCUT2D eigenvalue weighted by Gasteiger charge is 2.34. The number of rotatable bonds is 8. The summed E-state index contributed by atoms with van der Waals surface area (Å²) >= 11 is 0. The van der Waals surface area contributed by atoms with Gasteiger partial charge in [-0.15, -0.1) is 0 Å². The van der Waals surface area contributed by atoms with Gasteiger partial charge in [-0.3, -0.25) is 9.59 Å². The maximum atomic E-state index is 13.1. The van der Waals surface area contributed by atoms with E-state index in [1.165, 1.54) is 5.56 Å². The van der Waals surface area contributed by atoms with Crippen molar-refractivity contribution in [2.45, 2.75) is 50.9 Å². The summed E-state index contributed by atoms with van der Waals surface area (Å²) in [5.74, 6) is 1.64. The summed E-state index contributed by atoms with van der Waals surface area (Å²) in [5, 5.41) is 7.58. The Morgan fingerprint density at radius 2 is 2.03 bits per heavy atom. The molecule has 0 radical (unpaired) electrons. The van der Waals surface area contributed by atoms with E-state index in [9.17, 15) is 9.59 Å². The number of carbonyl (C=O) groups excluding carboxylic acids is 2. The molecule has 0 unspecified atom stereocenters. The van der Waals surface area contributed by atoms with Crippen molar-refractivity contribution < 1.29 is 14.3 Å². The Hall–Kier alpha value is -3.75. The van der Waals surface area contributed by atoms with Crippen molar-refractivity contribution in [3.63, 3.8) is 0 Å². The van der Waals surface area contributed by atoms with Gasteiger partial charge in [-0.25, -0.2) is 14.6 Å². The Kier molecular flexibility index (Phi) is 5.91. The maximum Gasteiger partial charge on any atom is 0.254 e. The Labute approximate surface area is 209 Å². The van der Waals surface area contributed by atoms with Crippen molar-refractivity contribution in [3.8, 4) is 23.0 Å². The molecular weight excluding hydrogens is 456 g/mol. The molecule has 3 heterocycles. The van der Waals surface area contributed by atoms with Crippen LogP contribution in [0.4, 0.5) is 0 Å². The molecule has 1 aromatic carbocycles. The molecule has 2 fully saturated rings. The molecule has 186 valence electrons. The zero-order chi connectivity index (χ0) is 24.6. The maximum absolute atomic E-state index is 13.1. The van der Waals surface area contributed by atoms with Crippen LogP contribution in [0.2, 0.25) is 0 Å². The number of hydrogen-bond acceptors (Lipinski definition) is 6. The quantitative estimate of drug-likeness (QED) is 0.491. The third kappa shape index (κ3) is 4.23. The van der Waals surface area contributed by atoms with Crippen LogP contribution in [0, 0.1) is 0 Å². The summed E-state index contributed by atoms with van der Waals surface area (Å²) in [6, 6.07) is 6.12. The van der Waals surface area contributed by atoms with Crippen molar-refractivity contribution >= 4 is 11.8 Å². The van der Waals surface area contributed by atoms with E-state index < -0.39 is 0 Å². The van der Waals surface area contributed by atoms with Crippen LogP contribution in [0.1, 0.15) is 65.2 Å². The van der Waals surface area contributed by atoms with E-state index in [2.05, 4.69) is 21.5 Å². The third-order valence-electron chi connectivity index (χ3n) is 7.35. The molecule has 3 aromatic rings. The van der Waals surface area contributed by atoms with Crippen LogP contribution < -0.4 is 10.1 Å². The third-order valence-corrected chi connectivity index (χ3v) is 7.35. The first kappa shape index (κ1) is 22.7. The minimum Gasteiger partial charge on any atom is -0.497 e. The van der Waals surface area contributed by atoms with Gasteiger partial charge in [0.05, 0.1) is 30.3 Å². The first-order chi connectivity index (χ1) is 17.6. The fourth-order valence-corrected chi connectivity index (χ4v) is 5.26. The standard InChI is InChI=1S/C27H30N6O3/c1-36-20-10-9-17-5-8-19-15-29-27(31-24(19)21(17)14-20)33-25(18-6-7-18)22(16-30-33)26(35)28-11-3-13-32-12-2-4-23(32)34/h9-10,14-16,18H,2-8,11-13H2,1H3,(H,28,35). The lowest BCUT2D eigenvalue weighted by Gasteiger charge is -2.20. The lowest BCUT2D eigenvalue weighted by Crippen LogP contribution is -2.31. The van der Waals surface area contributed by atoms with Gasteiger partial charge in [-0.2, -0.15) is 5.10 Å². The minimum atomic E-state index is -0.135. The number of nitrogens with one attached hydrogen (secondary N) is 1. The van der Waals surface area contributed by atoms with E-state index in [0.717, 1.165) is 73.3 Å². The second kappa shape index (κ2) is 9.37. The van der Waals surface area contributed by atoms with Gasteiger partial charge in [0.2, 0.25) is 5.91 Å². The van der Waals surface area contributed by atoms with Gasteiger partial charge in [-0.05, 0) is 61.8 Å². The number of nitrogens with zero attached hydrogens (tertiary/aromatic N) is 5. The average molecular weight is 487 g/mol. The molecule has 2 amide bonds. The van der Waals surface area contributed by atoms with Gasteiger partial charge in [0.25, 0.3) is 11.9 Å². The number of amides is 2. The molecule has 1 aliphatic heterocycles. The second-order valence-electron chi connectivity index (χ2n) is 9.79. The summed E-state index contributed by atoms with van der Waals surface area (Å²) in [7, 11) is 1.67. The highest BCUT2D eigenvalue weighted by Crippen LogP contribution is 2.42. The molecule has 0 atom stereocenters. The van der Waals surface area contributed by atoms with Crippen molar-refractivity contribution in [1.82, 2.24) is 30.0 Å². The molecule has 1 saturated heterocycles. The predicted molar refractivity (Wildman–Crippen MR) is 133 cm³/mol. The summed E-state index contributed by atoms with van der Waals surface area (Å²) in [6.45, 7) is 2.03. The van der Waals surface area contributed by atoms with Gasteiger partial charge >= 0.3 is 0 Å². The predicted octanol–water partition coefficient (Wildman–Crippen LogP) is 3.06. The van der Waals surface area contributed by atoms with Gasteiger partial charge < -0.3 is 15.0 Å². The van der Waals surface area contributed by atoms with Crippen LogP contribution in [0.15, 0.2) is 30.6 Å². The lowest BCUT2D eigenvalue weighted by molar-refractivity contribution is -0.127.